The summed E-state index contributed by atoms with van der Waals surface area (Å²) in [7, 11) is 1.43. The highest BCUT2D eigenvalue weighted by Crippen LogP contribution is 2.35. The van der Waals surface area contributed by atoms with Crippen LogP contribution in [0.3, 0.4) is 0 Å². The Morgan fingerprint density at radius 1 is 1.13 bits per heavy atom. The summed E-state index contributed by atoms with van der Waals surface area (Å²) in [5.41, 5.74) is 5.01. The second-order valence-corrected chi connectivity index (χ2v) is 11.5. The summed E-state index contributed by atoms with van der Waals surface area (Å²) < 4.78 is 37.0. The lowest BCUT2D eigenvalue weighted by molar-refractivity contribution is -0.139. The van der Waals surface area contributed by atoms with E-state index in [1.165, 1.54) is 25.5 Å². The number of halogens is 3. The van der Waals surface area contributed by atoms with Crippen molar-refractivity contribution in [3.05, 3.63) is 96.4 Å². The van der Waals surface area contributed by atoms with Gasteiger partial charge in [-0.25, -0.2) is 19.4 Å². The van der Waals surface area contributed by atoms with Gasteiger partial charge in [0.05, 0.1) is 39.6 Å². The Bertz CT molecular complexity index is 1640. The lowest BCUT2D eigenvalue weighted by Gasteiger charge is -2.28. The number of hydrazone groups is 1. The van der Waals surface area contributed by atoms with E-state index in [4.69, 9.17) is 18.9 Å². The van der Waals surface area contributed by atoms with Gasteiger partial charge in [0.15, 0.2) is 18.1 Å². The Hall–Kier alpha value is -4.18. The first-order valence-electron chi connectivity index (χ1n) is 13.5. The number of allylic oxidation sites excluding steroid dienone is 1. The molecule has 0 saturated heterocycles. The van der Waals surface area contributed by atoms with Crippen molar-refractivity contribution in [2.75, 3.05) is 20.3 Å². The summed E-state index contributed by atoms with van der Waals surface area (Å²) in [6, 6.07) is 13.4. The minimum absolute atomic E-state index is 0.176. The van der Waals surface area contributed by atoms with Gasteiger partial charge < -0.3 is 29.6 Å². The van der Waals surface area contributed by atoms with Crippen LogP contribution in [0.4, 0.5) is 9.18 Å². The van der Waals surface area contributed by atoms with Gasteiger partial charge in [-0.1, -0.05) is 18.2 Å². The third kappa shape index (κ3) is 8.94. The number of carbonyl (C=O) groups excluding carboxylic acids is 3. The molecule has 0 bridgehead atoms. The molecule has 0 unspecified atom stereocenters. The summed E-state index contributed by atoms with van der Waals surface area (Å²) in [6.07, 6.45) is 1.47. The maximum absolute atomic E-state index is 13.5. The van der Waals surface area contributed by atoms with Crippen LogP contribution in [0.1, 0.15) is 36.6 Å². The third-order valence-electron chi connectivity index (χ3n) is 6.34. The predicted molar refractivity (Wildman–Crippen MR) is 176 cm³/mol. The van der Waals surface area contributed by atoms with E-state index in [0.717, 1.165) is 3.57 Å². The summed E-state index contributed by atoms with van der Waals surface area (Å²) in [5, 5.41) is 9.32. The topological polar surface area (TPSA) is 137 Å². The highest BCUT2D eigenvalue weighted by Gasteiger charge is 2.32. The largest absolute Gasteiger partial charge is 0.493 e. The van der Waals surface area contributed by atoms with Crippen molar-refractivity contribution in [1.29, 1.82) is 0 Å². The van der Waals surface area contributed by atoms with Crippen molar-refractivity contribution in [2.24, 2.45) is 5.10 Å². The number of esters is 1. The molecule has 3 aromatic rings. The van der Waals surface area contributed by atoms with Gasteiger partial charge in [0.1, 0.15) is 18.2 Å². The molecule has 3 aromatic carbocycles. The van der Waals surface area contributed by atoms with E-state index in [1.54, 1.807) is 50.2 Å². The zero-order chi connectivity index (χ0) is 32.5. The molecule has 1 aliphatic heterocycles. The van der Waals surface area contributed by atoms with Crippen molar-refractivity contribution in [1.82, 2.24) is 16.1 Å². The van der Waals surface area contributed by atoms with E-state index < -0.39 is 23.9 Å². The van der Waals surface area contributed by atoms with Crippen LogP contribution in [-0.2, 0) is 20.9 Å². The lowest BCUT2D eigenvalue weighted by Crippen LogP contribution is -2.45. The van der Waals surface area contributed by atoms with Crippen molar-refractivity contribution in [3.8, 4) is 17.2 Å². The van der Waals surface area contributed by atoms with Gasteiger partial charge in [-0.3, -0.25) is 4.79 Å². The van der Waals surface area contributed by atoms with Gasteiger partial charge in [0.2, 0.25) is 0 Å². The molecule has 1 aliphatic rings. The first-order valence-corrected chi connectivity index (χ1v) is 15.4. The van der Waals surface area contributed by atoms with Crippen LogP contribution in [0, 0.1) is 9.39 Å². The zero-order valence-electron chi connectivity index (χ0n) is 24.4. The number of nitrogens with zero attached hydrogens (tertiary/aromatic N) is 1. The van der Waals surface area contributed by atoms with Gasteiger partial charge in [-0.15, -0.1) is 0 Å². The van der Waals surface area contributed by atoms with Gasteiger partial charge in [-0.05, 0) is 105 Å². The van der Waals surface area contributed by atoms with Gasteiger partial charge in [0, 0.05) is 5.70 Å². The number of urea groups is 1. The fourth-order valence-electron chi connectivity index (χ4n) is 4.33. The first kappa shape index (κ1) is 33.7. The smallest absolute Gasteiger partial charge is 0.338 e. The second-order valence-electron chi connectivity index (χ2n) is 9.52. The molecule has 0 spiro atoms. The van der Waals surface area contributed by atoms with E-state index in [9.17, 15) is 18.8 Å². The third-order valence-corrected chi connectivity index (χ3v) is 7.73. The SMILES string of the molecule is CCOC(=O)C1=C(C)NC(=O)N[C@H]1c1ccc(OCC(=O)N/N=C\c2cc(Br)c(OCc3cccc(F)c3)c(I)c2)c(OC)c1. The Balaban J connectivity index is 1.36. The van der Waals surface area contributed by atoms with Gasteiger partial charge in [0.25, 0.3) is 5.91 Å². The summed E-state index contributed by atoms with van der Waals surface area (Å²) in [6.45, 7) is 3.33. The van der Waals surface area contributed by atoms with E-state index in [2.05, 4.69) is 59.7 Å². The quantitative estimate of drug-likeness (QED) is 0.0954. The van der Waals surface area contributed by atoms with Crippen LogP contribution >= 0.6 is 38.5 Å². The van der Waals surface area contributed by atoms with Crippen LogP contribution in [0.25, 0.3) is 0 Å². The fraction of sp³-hybridized carbons (Fsp3) is 0.226. The van der Waals surface area contributed by atoms with Crippen LogP contribution in [0.15, 0.2) is 75.4 Å². The molecule has 1 atom stereocenters. The monoisotopic (exact) mass is 794 g/mol. The predicted octanol–water partition coefficient (Wildman–Crippen LogP) is 5.50. The molecule has 0 aromatic heterocycles. The summed E-state index contributed by atoms with van der Waals surface area (Å²) in [4.78, 5) is 37.2. The van der Waals surface area contributed by atoms with Gasteiger partial charge in [-0.2, -0.15) is 5.10 Å². The van der Waals surface area contributed by atoms with Crippen molar-refractivity contribution < 1.29 is 37.7 Å². The van der Waals surface area contributed by atoms with E-state index in [0.29, 0.717) is 32.6 Å². The maximum Gasteiger partial charge on any atom is 0.338 e. The number of carbonyl (C=O) groups is 3. The molecular weight excluding hydrogens is 766 g/mol. The molecule has 0 aliphatic carbocycles. The Morgan fingerprint density at radius 3 is 2.64 bits per heavy atom. The minimum atomic E-state index is -0.782. The number of ether oxygens (including phenoxy) is 4. The molecule has 1 heterocycles. The Kier molecular flexibility index (Phi) is 11.8. The molecule has 0 fully saturated rings. The maximum atomic E-state index is 13.5. The van der Waals surface area contributed by atoms with Crippen LogP contribution in [0.2, 0.25) is 0 Å². The lowest BCUT2D eigenvalue weighted by atomic mass is 9.95. The fourth-order valence-corrected chi connectivity index (χ4v) is 6.10. The molecule has 3 amide bonds. The zero-order valence-corrected chi connectivity index (χ0v) is 28.2. The van der Waals surface area contributed by atoms with E-state index in [-0.39, 0.29) is 42.7 Å². The van der Waals surface area contributed by atoms with Crippen molar-refractivity contribution in [3.63, 3.8) is 0 Å². The normalized spacial score (nSPS) is 14.4. The highest BCUT2D eigenvalue weighted by atomic mass is 127. The molecule has 3 N–H and O–H groups in total. The molecule has 0 radical (unpaired) electrons. The average Bonchev–Trinajstić information content (AvgIpc) is 2.99. The van der Waals surface area contributed by atoms with Crippen molar-refractivity contribution in [2.45, 2.75) is 26.5 Å². The number of hydrogen-bond donors (Lipinski definition) is 3. The molecular formula is C31H29BrFIN4O7. The molecule has 236 valence electrons. The number of amides is 3. The minimum Gasteiger partial charge on any atom is -0.493 e. The number of methoxy groups -OCH3 is 1. The van der Waals surface area contributed by atoms with E-state index >= 15 is 0 Å². The van der Waals surface area contributed by atoms with Crippen LogP contribution < -0.4 is 30.3 Å². The average molecular weight is 795 g/mol. The number of benzene rings is 3. The number of rotatable bonds is 12. The molecule has 4 rings (SSSR count). The summed E-state index contributed by atoms with van der Waals surface area (Å²) >= 11 is 5.61. The Morgan fingerprint density at radius 2 is 1.93 bits per heavy atom. The second kappa shape index (κ2) is 15.7. The van der Waals surface area contributed by atoms with E-state index in [1.807, 2.05) is 6.07 Å². The molecule has 11 nitrogen and oxygen atoms in total. The number of hydrogen-bond acceptors (Lipinski definition) is 8. The van der Waals surface area contributed by atoms with Crippen molar-refractivity contribution >= 4 is 62.6 Å². The molecule has 14 heteroatoms. The van der Waals surface area contributed by atoms with Crippen LogP contribution in [0.5, 0.6) is 17.2 Å². The molecule has 0 saturated carbocycles. The molecule has 45 heavy (non-hydrogen) atoms. The number of nitrogens with one attached hydrogen (secondary N) is 3. The summed E-state index contributed by atoms with van der Waals surface area (Å²) in [5.74, 6) is -0.252. The first-order chi connectivity index (χ1) is 21.6. The highest BCUT2D eigenvalue weighted by molar-refractivity contribution is 14.1. The standard InChI is InChI=1S/C31H29BrFIN4O7/c1-4-43-30(40)27-17(2)36-31(41)37-28(27)20-8-9-24(25(13-20)42-3)44-16-26(39)38-35-14-19-11-22(32)29(23(34)12-19)45-15-18-6-5-7-21(33)10-18/h5-14,28H,4,15-16H2,1-3H3,(H,38,39)(H2,36,37,41)/b35-14-/t28-/m0/s1. The van der Waals surface area contributed by atoms with Gasteiger partial charge >= 0.3 is 12.0 Å². The Labute approximate surface area is 280 Å². The van der Waals surface area contributed by atoms with Crippen LogP contribution in [-0.4, -0.2) is 44.4 Å².